The molecule has 0 saturated carbocycles. The van der Waals surface area contributed by atoms with Gasteiger partial charge in [0, 0.05) is 12.6 Å². The molecule has 3 aromatic carbocycles. The SMILES string of the molecule is Cc1cccc(-n2c(C=C3C(=O)N(C)c4ccccc43)nc3ccccc3c2=O)c1. The normalized spacial score (nSPS) is 14.5. The molecule has 0 radical (unpaired) electrons. The van der Waals surface area contributed by atoms with Crippen LogP contribution in [0.5, 0.6) is 0 Å². The van der Waals surface area contributed by atoms with Crippen molar-refractivity contribution < 1.29 is 4.79 Å². The number of amides is 1. The first-order valence-electron chi connectivity index (χ1n) is 9.72. The Hall–Kier alpha value is -3.99. The molecule has 30 heavy (non-hydrogen) atoms. The Morgan fingerprint density at radius 1 is 0.900 bits per heavy atom. The van der Waals surface area contributed by atoms with E-state index < -0.39 is 0 Å². The van der Waals surface area contributed by atoms with Crippen LogP contribution < -0.4 is 10.5 Å². The molecule has 146 valence electrons. The van der Waals surface area contributed by atoms with Gasteiger partial charge in [0.15, 0.2) is 0 Å². The minimum atomic E-state index is -0.162. The van der Waals surface area contributed by atoms with Gasteiger partial charge in [0.25, 0.3) is 11.5 Å². The number of likely N-dealkylation sites (N-methyl/N-ethyl adjacent to an activating group) is 1. The Morgan fingerprint density at radius 3 is 2.50 bits per heavy atom. The molecule has 5 nitrogen and oxygen atoms in total. The zero-order valence-corrected chi connectivity index (χ0v) is 16.7. The van der Waals surface area contributed by atoms with E-state index in [4.69, 9.17) is 4.98 Å². The number of rotatable bonds is 2. The zero-order chi connectivity index (χ0) is 20.8. The van der Waals surface area contributed by atoms with Crippen LogP contribution in [0.25, 0.3) is 28.2 Å². The van der Waals surface area contributed by atoms with E-state index in [2.05, 4.69) is 0 Å². The highest BCUT2D eigenvalue weighted by atomic mass is 16.2. The third kappa shape index (κ3) is 2.75. The maximum atomic E-state index is 13.4. The van der Waals surface area contributed by atoms with Gasteiger partial charge in [-0.1, -0.05) is 42.5 Å². The summed E-state index contributed by atoms with van der Waals surface area (Å²) in [5.41, 5.74) is 4.40. The van der Waals surface area contributed by atoms with Crippen LogP contribution in [0.1, 0.15) is 17.0 Å². The second kappa shape index (κ2) is 6.81. The van der Waals surface area contributed by atoms with Crippen molar-refractivity contribution in [1.29, 1.82) is 0 Å². The maximum absolute atomic E-state index is 13.4. The third-order valence-electron chi connectivity index (χ3n) is 5.43. The minimum absolute atomic E-state index is 0.116. The van der Waals surface area contributed by atoms with Crippen LogP contribution in [0, 0.1) is 6.92 Å². The second-order valence-electron chi connectivity index (χ2n) is 7.41. The maximum Gasteiger partial charge on any atom is 0.266 e. The van der Waals surface area contributed by atoms with Crippen LogP contribution in [-0.2, 0) is 4.79 Å². The van der Waals surface area contributed by atoms with Crippen LogP contribution in [-0.4, -0.2) is 22.5 Å². The average Bonchev–Trinajstić information content (AvgIpc) is 2.99. The van der Waals surface area contributed by atoms with Gasteiger partial charge >= 0.3 is 0 Å². The molecule has 0 spiro atoms. The van der Waals surface area contributed by atoms with Crippen molar-refractivity contribution in [1.82, 2.24) is 9.55 Å². The zero-order valence-electron chi connectivity index (χ0n) is 16.7. The van der Waals surface area contributed by atoms with Crippen molar-refractivity contribution in [3.05, 3.63) is 100 Å². The fourth-order valence-corrected chi connectivity index (χ4v) is 3.93. The first-order chi connectivity index (χ1) is 14.5. The Kier molecular flexibility index (Phi) is 4.10. The second-order valence-corrected chi connectivity index (χ2v) is 7.41. The number of carbonyl (C=O) groups excluding carboxylic acids is 1. The number of anilines is 1. The monoisotopic (exact) mass is 393 g/mol. The molecule has 0 N–H and O–H groups in total. The molecule has 4 aromatic rings. The molecule has 1 amide bonds. The fraction of sp³-hybridized carbons (Fsp3) is 0.0800. The summed E-state index contributed by atoms with van der Waals surface area (Å²) in [6.45, 7) is 1.98. The van der Waals surface area contributed by atoms with Gasteiger partial charge in [-0.05, 0) is 48.9 Å². The standard InChI is InChI=1S/C25H19N3O2/c1-16-8-7-9-17(14-16)28-23(26-21-12-5-3-11-19(21)25(28)30)15-20-18-10-4-6-13-22(18)27(2)24(20)29/h3-15H,1-2H3. The summed E-state index contributed by atoms with van der Waals surface area (Å²) in [7, 11) is 1.75. The lowest BCUT2D eigenvalue weighted by atomic mass is 10.1. The van der Waals surface area contributed by atoms with Gasteiger partial charge in [0.05, 0.1) is 27.9 Å². The summed E-state index contributed by atoms with van der Waals surface area (Å²) >= 11 is 0. The molecule has 2 heterocycles. The predicted molar refractivity (Wildman–Crippen MR) is 120 cm³/mol. The van der Waals surface area contributed by atoms with E-state index in [0.717, 1.165) is 22.5 Å². The molecule has 1 aliphatic heterocycles. The Morgan fingerprint density at radius 2 is 1.67 bits per heavy atom. The largest absolute Gasteiger partial charge is 0.311 e. The van der Waals surface area contributed by atoms with Crippen molar-refractivity contribution >= 4 is 34.1 Å². The molecule has 1 aliphatic rings. The minimum Gasteiger partial charge on any atom is -0.311 e. The van der Waals surface area contributed by atoms with Gasteiger partial charge in [-0.15, -0.1) is 0 Å². The van der Waals surface area contributed by atoms with Gasteiger partial charge in [-0.25, -0.2) is 4.98 Å². The van der Waals surface area contributed by atoms with E-state index >= 15 is 0 Å². The van der Waals surface area contributed by atoms with E-state index in [9.17, 15) is 9.59 Å². The van der Waals surface area contributed by atoms with Crippen molar-refractivity contribution in [2.75, 3.05) is 11.9 Å². The van der Waals surface area contributed by atoms with E-state index in [1.807, 2.05) is 73.7 Å². The number of hydrogen-bond donors (Lipinski definition) is 0. The molecule has 0 saturated heterocycles. The highest BCUT2D eigenvalue weighted by Crippen LogP contribution is 2.36. The number of aromatic nitrogens is 2. The summed E-state index contributed by atoms with van der Waals surface area (Å²) in [6, 6.07) is 22.6. The van der Waals surface area contributed by atoms with Crippen LogP contribution >= 0.6 is 0 Å². The molecule has 0 unspecified atom stereocenters. The summed E-state index contributed by atoms with van der Waals surface area (Å²) < 4.78 is 1.58. The van der Waals surface area contributed by atoms with Crippen LogP contribution in [0.4, 0.5) is 5.69 Å². The summed E-state index contributed by atoms with van der Waals surface area (Å²) in [5.74, 6) is 0.312. The lowest BCUT2D eigenvalue weighted by Gasteiger charge is -2.13. The van der Waals surface area contributed by atoms with Gasteiger partial charge in [-0.3, -0.25) is 14.2 Å². The molecule has 5 rings (SSSR count). The molecular formula is C25H19N3O2. The highest BCUT2D eigenvalue weighted by Gasteiger charge is 2.29. The number of aryl methyl sites for hydroxylation is 1. The lowest BCUT2D eigenvalue weighted by Crippen LogP contribution is -2.23. The number of para-hydroxylation sites is 2. The van der Waals surface area contributed by atoms with Crippen molar-refractivity contribution in [2.45, 2.75) is 6.92 Å². The van der Waals surface area contributed by atoms with Gasteiger partial charge in [0.2, 0.25) is 0 Å². The Balaban J connectivity index is 1.84. The van der Waals surface area contributed by atoms with Crippen LogP contribution in [0.2, 0.25) is 0 Å². The molecule has 1 aromatic heterocycles. The van der Waals surface area contributed by atoms with Gasteiger partial charge < -0.3 is 4.90 Å². The smallest absolute Gasteiger partial charge is 0.266 e. The summed E-state index contributed by atoms with van der Waals surface area (Å²) in [6.07, 6.45) is 1.72. The molecular weight excluding hydrogens is 374 g/mol. The summed E-state index contributed by atoms with van der Waals surface area (Å²) in [4.78, 5) is 32.8. The van der Waals surface area contributed by atoms with Crippen LogP contribution in [0.3, 0.4) is 0 Å². The number of nitrogens with zero attached hydrogens (tertiary/aromatic N) is 3. The molecule has 0 atom stereocenters. The van der Waals surface area contributed by atoms with E-state index in [0.29, 0.717) is 22.3 Å². The first kappa shape index (κ1) is 18.1. The molecule has 0 aliphatic carbocycles. The Labute approximate surface area is 173 Å². The lowest BCUT2D eigenvalue weighted by molar-refractivity contribution is -0.112. The molecule has 0 bridgehead atoms. The number of carbonyl (C=O) groups is 1. The van der Waals surface area contributed by atoms with E-state index in [1.165, 1.54) is 0 Å². The van der Waals surface area contributed by atoms with Crippen molar-refractivity contribution in [2.24, 2.45) is 0 Å². The van der Waals surface area contributed by atoms with E-state index in [-0.39, 0.29) is 11.5 Å². The van der Waals surface area contributed by atoms with Crippen molar-refractivity contribution in [3.63, 3.8) is 0 Å². The van der Waals surface area contributed by atoms with E-state index in [1.54, 1.807) is 28.7 Å². The van der Waals surface area contributed by atoms with Gasteiger partial charge in [0.1, 0.15) is 5.82 Å². The van der Waals surface area contributed by atoms with Crippen LogP contribution in [0.15, 0.2) is 77.6 Å². The predicted octanol–water partition coefficient (Wildman–Crippen LogP) is 4.21. The number of hydrogen-bond acceptors (Lipinski definition) is 3. The topological polar surface area (TPSA) is 55.2 Å². The summed E-state index contributed by atoms with van der Waals surface area (Å²) in [5, 5.41) is 0.538. The quantitative estimate of drug-likeness (QED) is 0.480. The van der Waals surface area contributed by atoms with Gasteiger partial charge in [-0.2, -0.15) is 0 Å². The Bertz CT molecular complexity index is 1420. The molecule has 5 heteroatoms. The third-order valence-corrected chi connectivity index (χ3v) is 5.43. The average molecular weight is 393 g/mol. The molecule has 0 fully saturated rings. The van der Waals surface area contributed by atoms with Crippen molar-refractivity contribution in [3.8, 4) is 5.69 Å². The highest BCUT2D eigenvalue weighted by molar-refractivity contribution is 6.35. The first-order valence-corrected chi connectivity index (χ1v) is 9.72. The number of fused-ring (bicyclic) bond motifs is 2. The fourth-order valence-electron chi connectivity index (χ4n) is 3.93. The number of benzene rings is 3.